The van der Waals surface area contributed by atoms with E-state index in [0.29, 0.717) is 12.3 Å². The molecular formula is C14H17N3OS. The molecule has 0 N–H and O–H groups in total. The van der Waals surface area contributed by atoms with Gasteiger partial charge in [-0.2, -0.15) is 0 Å². The molecule has 19 heavy (non-hydrogen) atoms. The highest BCUT2D eigenvalue weighted by Gasteiger charge is 2.11. The Hall–Kier alpha value is -1.75. The first-order valence-electron chi connectivity index (χ1n) is 6.05. The summed E-state index contributed by atoms with van der Waals surface area (Å²) in [6, 6.07) is 9.99. The molecule has 0 aliphatic carbocycles. The number of rotatable bonds is 5. The minimum Gasteiger partial charge on any atom is -0.341 e. The molecule has 1 heterocycles. The summed E-state index contributed by atoms with van der Waals surface area (Å²) in [5, 5.41) is 0.862. The summed E-state index contributed by atoms with van der Waals surface area (Å²) in [5.41, 5.74) is 1.14. The topological polar surface area (TPSA) is 38.1 Å². The second-order valence-electron chi connectivity index (χ2n) is 4.34. The molecule has 0 saturated heterocycles. The number of hydrogen-bond donors (Lipinski definition) is 0. The Labute approximate surface area is 117 Å². The summed E-state index contributed by atoms with van der Waals surface area (Å²) in [6.07, 6.45) is 3.61. The lowest BCUT2D eigenvalue weighted by Gasteiger charge is -2.16. The quantitative estimate of drug-likeness (QED) is 0.785. The van der Waals surface area contributed by atoms with Crippen molar-refractivity contribution in [3.05, 3.63) is 48.3 Å². The van der Waals surface area contributed by atoms with E-state index < -0.39 is 0 Å². The maximum absolute atomic E-state index is 12.0. The van der Waals surface area contributed by atoms with Gasteiger partial charge in [0, 0.05) is 33.0 Å². The predicted octanol–water partition coefficient (Wildman–Crippen LogP) is 2.17. The predicted molar refractivity (Wildman–Crippen MR) is 76.8 cm³/mol. The molecule has 0 saturated carbocycles. The van der Waals surface area contributed by atoms with E-state index >= 15 is 0 Å². The van der Waals surface area contributed by atoms with Gasteiger partial charge in [-0.1, -0.05) is 42.1 Å². The van der Waals surface area contributed by atoms with E-state index in [1.165, 1.54) is 11.8 Å². The van der Waals surface area contributed by atoms with Gasteiger partial charge in [-0.3, -0.25) is 4.79 Å². The van der Waals surface area contributed by atoms with Crippen molar-refractivity contribution in [2.75, 3.05) is 12.8 Å². The fourth-order valence-corrected chi connectivity index (χ4v) is 2.55. The van der Waals surface area contributed by atoms with Crippen LogP contribution in [-0.2, 0) is 18.4 Å². The van der Waals surface area contributed by atoms with Gasteiger partial charge >= 0.3 is 0 Å². The van der Waals surface area contributed by atoms with Gasteiger partial charge in [0.15, 0.2) is 5.16 Å². The minimum absolute atomic E-state index is 0.108. The van der Waals surface area contributed by atoms with Crippen molar-refractivity contribution in [1.29, 1.82) is 0 Å². The molecule has 0 atom stereocenters. The molecular weight excluding hydrogens is 258 g/mol. The molecule has 0 fully saturated rings. The van der Waals surface area contributed by atoms with Gasteiger partial charge in [0.2, 0.25) is 5.91 Å². The number of benzene rings is 1. The Bertz CT molecular complexity index is 539. The SMILES string of the molecule is CN(Cc1ccccc1)C(=O)CSc1nccn1C. The number of imidazole rings is 1. The average Bonchev–Trinajstić information content (AvgIpc) is 2.82. The fraction of sp³-hybridized carbons (Fsp3) is 0.286. The van der Waals surface area contributed by atoms with Crippen molar-refractivity contribution in [1.82, 2.24) is 14.5 Å². The number of carbonyl (C=O) groups excluding carboxylic acids is 1. The van der Waals surface area contributed by atoms with Crippen LogP contribution in [0.1, 0.15) is 5.56 Å². The Morgan fingerprint density at radius 2 is 2.11 bits per heavy atom. The summed E-state index contributed by atoms with van der Waals surface area (Å²) >= 11 is 1.46. The number of aromatic nitrogens is 2. The number of thioether (sulfide) groups is 1. The van der Waals surface area contributed by atoms with Gasteiger partial charge < -0.3 is 9.47 Å². The Kier molecular flexibility index (Phi) is 4.63. The van der Waals surface area contributed by atoms with Crippen molar-refractivity contribution >= 4 is 17.7 Å². The van der Waals surface area contributed by atoms with E-state index in [9.17, 15) is 4.79 Å². The van der Waals surface area contributed by atoms with Gasteiger partial charge in [0.1, 0.15) is 0 Å². The molecule has 2 rings (SSSR count). The second kappa shape index (κ2) is 6.43. The molecule has 1 aromatic carbocycles. The zero-order chi connectivity index (χ0) is 13.7. The summed E-state index contributed by atoms with van der Waals surface area (Å²) in [5.74, 6) is 0.519. The maximum Gasteiger partial charge on any atom is 0.233 e. The highest BCUT2D eigenvalue weighted by atomic mass is 32.2. The lowest BCUT2D eigenvalue weighted by Crippen LogP contribution is -2.27. The van der Waals surface area contributed by atoms with Crippen LogP contribution in [0.3, 0.4) is 0 Å². The first-order valence-corrected chi connectivity index (χ1v) is 7.03. The van der Waals surface area contributed by atoms with Crippen molar-refractivity contribution in [3.8, 4) is 0 Å². The van der Waals surface area contributed by atoms with E-state index in [1.807, 2.05) is 55.2 Å². The zero-order valence-corrected chi connectivity index (χ0v) is 11.9. The van der Waals surface area contributed by atoms with Crippen LogP contribution in [0, 0.1) is 0 Å². The van der Waals surface area contributed by atoms with Crippen molar-refractivity contribution in [2.24, 2.45) is 7.05 Å². The minimum atomic E-state index is 0.108. The second-order valence-corrected chi connectivity index (χ2v) is 5.29. The lowest BCUT2D eigenvalue weighted by atomic mass is 10.2. The lowest BCUT2D eigenvalue weighted by molar-refractivity contribution is -0.127. The Morgan fingerprint density at radius 1 is 1.37 bits per heavy atom. The van der Waals surface area contributed by atoms with Crippen LogP contribution in [-0.4, -0.2) is 33.2 Å². The molecule has 5 heteroatoms. The van der Waals surface area contributed by atoms with Gasteiger partial charge in [0.25, 0.3) is 0 Å². The summed E-state index contributed by atoms with van der Waals surface area (Å²) in [6.45, 7) is 0.640. The van der Waals surface area contributed by atoms with E-state index in [2.05, 4.69) is 4.98 Å². The number of amides is 1. The summed E-state index contributed by atoms with van der Waals surface area (Å²) < 4.78 is 1.91. The van der Waals surface area contributed by atoms with Gasteiger partial charge in [0.05, 0.1) is 5.75 Å². The Balaban J connectivity index is 1.84. The molecule has 0 radical (unpaired) electrons. The normalized spacial score (nSPS) is 10.4. The molecule has 100 valence electrons. The molecule has 2 aromatic rings. The molecule has 1 aromatic heterocycles. The van der Waals surface area contributed by atoms with Gasteiger partial charge in [-0.25, -0.2) is 4.98 Å². The fourth-order valence-electron chi connectivity index (χ4n) is 1.67. The number of aryl methyl sites for hydroxylation is 1. The molecule has 0 unspecified atom stereocenters. The van der Waals surface area contributed by atoms with E-state index in [1.54, 1.807) is 11.1 Å². The largest absolute Gasteiger partial charge is 0.341 e. The third-order valence-corrected chi connectivity index (χ3v) is 3.83. The number of carbonyl (C=O) groups is 1. The van der Waals surface area contributed by atoms with Crippen LogP contribution in [0.15, 0.2) is 47.9 Å². The molecule has 0 spiro atoms. The highest BCUT2D eigenvalue weighted by Crippen LogP contribution is 2.15. The molecule has 0 aliphatic rings. The maximum atomic E-state index is 12.0. The smallest absolute Gasteiger partial charge is 0.233 e. The third-order valence-electron chi connectivity index (χ3n) is 2.79. The molecule has 0 aliphatic heterocycles. The number of nitrogens with zero attached hydrogens (tertiary/aromatic N) is 3. The third kappa shape index (κ3) is 3.86. The van der Waals surface area contributed by atoms with Gasteiger partial charge in [-0.05, 0) is 5.56 Å². The molecule has 0 bridgehead atoms. The summed E-state index contributed by atoms with van der Waals surface area (Å²) in [4.78, 5) is 17.9. The van der Waals surface area contributed by atoms with E-state index in [-0.39, 0.29) is 5.91 Å². The average molecular weight is 275 g/mol. The van der Waals surface area contributed by atoms with E-state index in [4.69, 9.17) is 0 Å². The van der Waals surface area contributed by atoms with Crippen LogP contribution in [0.5, 0.6) is 0 Å². The standard InChI is InChI=1S/C14H17N3OS/c1-16-9-8-15-14(16)19-11-13(18)17(2)10-12-6-4-3-5-7-12/h3-9H,10-11H2,1-2H3. The van der Waals surface area contributed by atoms with Crippen LogP contribution < -0.4 is 0 Å². The first-order chi connectivity index (χ1) is 9.16. The Morgan fingerprint density at radius 3 is 2.74 bits per heavy atom. The first kappa shape index (κ1) is 13.7. The zero-order valence-electron chi connectivity index (χ0n) is 11.1. The number of hydrogen-bond acceptors (Lipinski definition) is 3. The van der Waals surface area contributed by atoms with Gasteiger partial charge in [-0.15, -0.1) is 0 Å². The van der Waals surface area contributed by atoms with Crippen LogP contribution >= 0.6 is 11.8 Å². The van der Waals surface area contributed by atoms with E-state index in [0.717, 1.165) is 10.7 Å². The van der Waals surface area contributed by atoms with Crippen molar-refractivity contribution in [2.45, 2.75) is 11.7 Å². The van der Waals surface area contributed by atoms with Crippen LogP contribution in [0.4, 0.5) is 0 Å². The molecule has 1 amide bonds. The highest BCUT2D eigenvalue weighted by molar-refractivity contribution is 7.99. The van der Waals surface area contributed by atoms with Crippen molar-refractivity contribution in [3.63, 3.8) is 0 Å². The van der Waals surface area contributed by atoms with Crippen molar-refractivity contribution < 1.29 is 4.79 Å². The monoisotopic (exact) mass is 275 g/mol. The van der Waals surface area contributed by atoms with Crippen LogP contribution in [0.25, 0.3) is 0 Å². The molecule has 4 nitrogen and oxygen atoms in total. The van der Waals surface area contributed by atoms with Crippen LogP contribution in [0.2, 0.25) is 0 Å². The summed E-state index contributed by atoms with van der Waals surface area (Å²) in [7, 11) is 3.75.